The van der Waals surface area contributed by atoms with Crippen LogP contribution in [0.3, 0.4) is 0 Å². The quantitative estimate of drug-likeness (QED) is 0.198. The first kappa shape index (κ1) is 29.0. The monoisotopic (exact) mass is 630 g/mol. The van der Waals surface area contributed by atoms with Crippen LogP contribution in [0.5, 0.6) is 23.0 Å². The number of amides is 2. The normalized spacial score (nSPS) is 16.2. The zero-order valence-corrected chi connectivity index (χ0v) is 25.0. The van der Waals surface area contributed by atoms with Crippen LogP contribution in [0.2, 0.25) is 0 Å². The van der Waals surface area contributed by atoms with Gasteiger partial charge >= 0.3 is 0 Å². The number of hydrogen-bond donors (Lipinski definition) is 2. The summed E-state index contributed by atoms with van der Waals surface area (Å²) >= 11 is 1.19. The molecule has 1 fully saturated rings. The van der Waals surface area contributed by atoms with Crippen molar-refractivity contribution in [3.63, 3.8) is 0 Å². The van der Waals surface area contributed by atoms with Gasteiger partial charge in [-0.15, -0.1) is 0 Å². The van der Waals surface area contributed by atoms with Crippen molar-refractivity contribution in [2.75, 3.05) is 32.5 Å². The van der Waals surface area contributed by atoms with Gasteiger partial charge in [0.1, 0.15) is 0 Å². The van der Waals surface area contributed by atoms with Crippen LogP contribution < -0.4 is 35.1 Å². The maximum atomic E-state index is 13.8. The second kappa shape index (κ2) is 12.7. The summed E-state index contributed by atoms with van der Waals surface area (Å²) in [5.41, 5.74) is 2.34. The molecule has 0 bridgehead atoms. The first-order valence-corrected chi connectivity index (χ1v) is 15.6. The number of benzene rings is 3. The van der Waals surface area contributed by atoms with Gasteiger partial charge in [0.05, 0.1) is 29.3 Å². The van der Waals surface area contributed by atoms with Crippen LogP contribution in [0.15, 0.2) is 64.5 Å². The Kier molecular flexibility index (Phi) is 8.18. The molecule has 0 spiro atoms. The Morgan fingerprint density at radius 2 is 1.62 bits per heavy atom. The van der Waals surface area contributed by atoms with Gasteiger partial charge in [0, 0.05) is 31.3 Å². The summed E-state index contributed by atoms with van der Waals surface area (Å²) in [5, 5.41) is 6.60. The second-order valence-corrected chi connectivity index (χ2v) is 11.7. The summed E-state index contributed by atoms with van der Waals surface area (Å²) in [6.07, 6.45) is 1.96. The molecule has 232 valence electrons. The molecule has 4 aromatic rings. The van der Waals surface area contributed by atoms with E-state index in [0.29, 0.717) is 64.3 Å². The molecule has 1 unspecified atom stereocenters. The molecule has 3 aromatic carbocycles. The maximum absolute atomic E-state index is 13.8. The smallest absolute Gasteiger partial charge is 0.262 e. The van der Waals surface area contributed by atoms with Crippen LogP contribution >= 0.6 is 11.8 Å². The Labute approximate surface area is 262 Å². The predicted molar refractivity (Wildman–Crippen MR) is 164 cm³/mol. The highest BCUT2D eigenvalue weighted by molar-refractivity contribution is 7.99. The predicted octanol–water partition coefficient (Wildman–Crippen LogP) is 3.22. The van der Waals surface area contributed by atoms with Crippen molar-refractivity contribution in [1.82, 2.24) is 20.2 Å². The van der Waals surface area contributed by atoms with Gasteiger partial charge in [0.25, 0.3) is 11.5 Å². The van der Waals surface area contributed by atoms with E-state index in [2.05, 4.69) is 10.6 Å². The SMILES string of the molecule is O=C(CSc1nc2cc3c(cc2c(=O)n1Cc1ccc(C(=O)NCc2ccc4c(c2)OCO4)cc1)OCO3)NCC1CCCO1. The molecule has 2 amide bonds. The van der Waals surface area contributed by atoms with Gasteiger partial charge in [-0.1, -0.05) is 30.0 Å². The van der Waals surface area contributed by atoms with E-state index in [9.17, 15) is 14.4 Å². The molecule has 1 aromatic heterocycles. The third-order valence-corrected chi connectivity index (χ3v) is 8.72. The van der Waals surface area contributed by atoms with Crippen molar-refractivity contribution < 1.29 is 33.3 Å². The number of thioether (sulfide) groups is 1. The van der Waals surface area contributed by atoms with Crippen LogP contribution in [0.4, 0.5) is 0 Å². The zero-order chi connectivity index (χ0) is 30.8. The van der Waals surface area contributed by atoms with Crippen molar-refractivity contribution in [3.8, 4) is 23.0 Å². The fourth-order valence-electron chi connectivity index (χ4n) is 5.33. The summed E-state index contributed by atoms with van der Waals surface area (Å²) in [6, 6.07) is 15.9. The molecule has 0 radical (unpaired) electrons. The highest BCUT2D eigenvalue weighted by atomic mass is 32.2. The van der Waals surface area contributed by atoms with Crippen LogP contribution in [-0.4, -0.2) is 60.0 Å². The molecule has 0 saturated carbocycles. The van der Waals surface area contributed by atoms with Crippen molar-refractivity contribution >= 4 is 34.5 Å². The van der Waals surface area contributed by atoms with Crippen molar-refractivity contribution in [2.24, 2.45) is 0 Å². The number of fused-ring (bicyclic) bond motifs is 3. The van der Waals surface area contributed by atoms with Crippen molar-refractivity contribution in [2.45, 2.75) is 37.2 Å². The average Bonchev–Trinajstić information content (AvgIpc) is 3.85. The Morgan fingerprint density at radius 3 is 2.40 bits per heavy atom. The number of aromatic nitrogens is 2. The lowest BCUT2D eigenvalue weighted by Crippen LogP contribution is -2.33. The number of hydrogen-bond acceptors (Lipinski definition) is 10. The molecule has 4 heterocycles. The van der Waals surface area contributed by atoms with Gasteiger partial charge in [-0.3, -0.25) is 19.0 Å². The molecule has 45 heavy (non-hydrogen) atoms. The summed E-state index contributed by atoms with van der Waals surface area (Å²) in [6.45, 7) is 1.95. The Morgan fingerprint density at radius 1 is 0.889 bits per heavy atom. The zero-order valence-electron chi connectivity index (χ0n) is 24.2. The Hall–Kier alpha value is -4.75. The molecule has 3 aliphatic rings. The minimum absolute atomic E-state index is 0.0361. The van der Waals surface area contributed by atoms with E-state index in [1.54, 1.807) is 36.4 Å². The van der Waals surface area contributed by atoms with E-state index < -0.39 is 0 Å². The lowest BCUT2D eigenvalue weighted by molar-refractivity contribution is -0.119. The first-order chi connectivity index (χ1) is 22.0. The number of carbonyl (C=O) groups is 2. The maximum Gasteiger partial charge on any atom is 0.262 e. The van der Waals surface area contributed by atoms with Crippen LogP contribution in [0, 0.1) is 0 Å². The molecule has 1 atom stereocenters. The second-order valence-electron chi connectivity index (χ2n) is 10.8. The molecule has 2 N–H and O–H groups in total. The largest absolute Gasteiger partial charge is 0.454 e. The van der Waals surface area contributed by atoms with Crippen LogP contribution in [-0.2, 0) is 22.6 Å². The first-order valence-electron chi connectivity index (χ1n) is 14.6. The van der Waals surface area contributed by atoms with Crippen LogP contribution in [0.1, 0.15) is 34.3 Å². The lowest BCUT2D eigenvalue weighted by Gasteiger charge is -2.15. The number of ether oxygens (including phenoxy) is 5. The number of nitrogens with one attached hydrogen (secondary N) is 2. The van der Waals surface area contributed by atoms with E-state index in [1.165, 1.54) is 16.3 Å². The van der Waals surface area contributed by atoms with Crippen LogP contribution in [0.25, 0.3) is 10.9 Å². The van der Waals surface area contributed by atoms with Gasteiger partial charge in [0.2, 0.25) is 19.5 Å². The van der Waals surface area contributed by atoms with Crippen molar-refractivity contribution in [1.29, 1.82) is 0 Å². The summed E-state index contributed by atoms with van der Waals surface area (Å²) in [4.78, 5) is 44.0. The number of nitrogens with zero attached hydrogens (tertiary/aromatic N) is 2. The highest BCUT2D eigenvalue weighted by Gasteiger charge is 2.21. The fourth-order valence-corrected chi connectivity index (χ4v) is 6.16. The third kappa shape index (κ3) is 6.40. The number of carbonyl (C=O) groups excluding carboxylic acids is 2. The molecule has 0 aliphatic carbocycles. The lowest BCUT2D eigenvalue weighted by atomic mass is 10.1. The standard InChI is InChI=1S/C32H30N4O8S/c37-29(33-14-22-2-1-9-40-22)16-45-32-35-24-12-28-27(43-18-44-28)11-23(24)31(39)36(32)15-19-3-6-21(7-4-19)30(38)34-13-20-5-8-25-26(10-20)42-17-41-25/h3-8,10-12,22H,1-2,9,13-18H2,(H,33,37)(H,34,38). The summed E-state index contributed by atoms with van der Waals surface area (Å²) < 4.78 is 28.8. The van der Waals surface area contributed by atoms with Gasteiger partial charge in [-0.05, 0) is 54.3 Å². The highest BCUT2D eigenvalue weighted by Crippen LogP contribution is 2.35. The third-order valence-electron chi connectivity index (χ3n) is 7.74. The summed E-state index contributed by atoms with van der Waals surface area (Å²) in [7, 11) is 0. The fraction of sp³-hybridized carbons (Fsp3) is 0.312. The average molecular weight is 631 g/mol. The number of rotatable bonds is 10. The minimum Gasteiger partial charge on any atom is -0.454 e. The molecule has 13 heteroatoms. The van der Waals surface area contributed by atoms with Gasteiger partial charge in [-0.2, -0.15) is 0 Å². The van der Waals surface area contributed by atoms with E-state index in [-0.39, 0.29) is 49.4 Å². The van der Waals surface area contributed by atoms with Gasteiger partial charge in [0.15, 0.2) is 28.2 Å². The molecule has 12 nitrogen and oxygen atoms in total. The van der Waals surface area contributed by atoms with E-state index in [0.717, 1.165) is 24.0 Å². The van der Waals surface area contributed by atoms with Gasteiger partial charge in [-0.25, -0.2) is 4.98 Å². The minimum atomic E-state index is -0.272. The summed E-state index contributed by atoms with van der Waals surface area (Å²) in [5.74, 6) is 2.03. The van der Waals surface area contributed by atoms with E-state index in [4.69, 9.17) is 28.7 Å². The Bertz CT molecular complexity index is 1820. The van der Waals surface area contributed by atoms with E-state index >= 15 is 0 Å². The molecule has 3 aliphatic heterocycles. The molecular weight excluding hydrogens is 600 g/mol. The molecular formula is C32H30N4O8S. The molecule has 1 saturated heterocycles. The Balaban J connectivity index is 1.07. The topological polar surface area (TPSA) is 139 Å². The van der Waals surface area contributed by atoms with E-state index in [1.807, 2.05) is 18.2 Å². The van der Waals surface area contributed by atoms with Crippen molar-refractivity contribution in [3.05, 3.63) is 81.6 Å². The molecule has 7 rings (SSSR count). The van der Waals surface area contributed by atoms with Gasteiger partial charge < -0.3 is 34.3 Å².